The van der Waals surface area contributed by atoms with Gasteiger partial charge in [0, 0.05) is 43.3 Å². The van der Waals surface area contributed by atoms with Crippen LogP contribution in [-0.4, -0.2) is 25.7 Å². The molecule has 0 aliphatic carbocycles. The molecular formula is C21H28N4O2. The molecule has 0 bridgehead atoms. The molecule has 0 saturated heterocycles. The van der Waals surface area contributed by atoms with Crippen molar-refractivity contribution in [2.24, 2.45) is 12.8 Å². The third-order valence-electron chi connectivity index (χ3n) is 4.37. The van der Waals surface area contributed by atoms with Gasteiger partial charge in [-0.2, -0.15) is 0 Å². The molecule has 0 radical (unpaired) electrons. The molecule has 0 unspecified atom stereocenters. The number of rotatable bonds is 6. The van der Waals surface area contributed by atoms with E-state index in [4.69, 9.17) is 10.5 Å². The Bertz CT molecular complexity index is 947. The van der Waals surface area contributed by atoms with E-state index in [9.17, 15) is 4.79 Å². The highest BCUT2D eigenvalue weighted by atomic mass is 16.6. The number of imidazole rings is 1. The predicted molar refractivity (Wildman–Crippen MR) is 106 cm³/mol. The molecule has 27 heavy (non-hydrogen) atoms. The van der Waals surface area contributed by atoms with Crippen molar-refractivity contribution in [3.8, 4) is 0 Å². The van der Waals surface area contributed by atoms with Gasteiger partial charge in [0.25, 0.3) is 0 Å². The van der Waals surface area contributed by atoms with Crippen molar-refractivity contribution < 1.29 is 9.53 Å². The van der Waals surface area contributed by atoms with Crippen LogP contribution in [0.2, 0.25) is 0 Å². The van der Waals surface area contributed by atoms with Gasteiger partial charge in [0.05, 0.1) is 18.6 Å². The van der Waals surface area contributed by atoms with E-state index in [0.29, 0.717) is 25.9 Å². The molecule has 6 heteroatoms. The first-order valence-electron chi connectivity index (χ1n) is 9.24. The molecule has 0 aliphatic rings. The maximum atomic E-state index is 12.1. The molecular weight excluding hydrogens is 340 g/mol. The Morgan fingerprint density at radius 3 is 2.67 bits per heavy atom. The lowest BCUT2D eigenvalue weighted by Gasteiger charge is -2.19. The van der Waals surface area contributed by atoms with Gasteiger partial charge < -0.3 is 19.6 Å². The number of aromatic nitrogens is 3. The molecule has 144 valence electrons. The van der Waals surface area contributed by atoms with Gasteiger partial charge in [-0.05, 0) is 44.4 Å². The van der Waals surface area contributed by atoms with Gasteiger partial charge in [0.15, 0.2) is 0 Å². The molecule has 0 amide bonds. The molecule has 2 aromatic heterocycles. The van der Waals surface area contributed by atoms with E-state index in [1.807, 2.05) is 44.6 Å². The quantitative estimate of drug-likeness (QED) is 0.678. The summed E-state index contributed by atoms with van der Waals surface area (Å²) in [4.78, 5) is 16.5. The van der Waals surface area contributed by atoms with Crippen LogP contribution >= 0.6 is 0 Å². The highest BCUT2D eigenvalue weighted by molar-refractivity contribution is 5.85. The summed E-state index contributed by atoms with van der Waals surface area (Å²) >= 11 is 0. The maximum absolute atomic E-state index is 12.1. The Morgan fingerprint density at radius 1 is 1.26 bits per heavy atom. The highest BCUT2D eigenvalue weighted by Gasteiger charge is 2.17. The first kappa shape index (κ1) is 19.2. The largest absolute Gasteiger partial charge is 0.460 e. The standard InChI is InChI=1S/C21H28N4O2/c1-21(2,3)27-20(26)8-6-16-11-25(13-17-12-24(4)14-23-17)19-9-15(10-22)5-7-18(16)19/h5,7,9,11-12,14H,6,8,10,13,22H2,1-4H3. The number of carbonyl (C=O) groups excluding carboxylic acids is 1. The number of esters is 1. The van der Waals surface area contributed by atoms with E-state index >= 15 is 0 Å². The zero-order valence-electron chi connectivity index (χ0n) is 16.5. The van der Waals surface area contributed by atoms with E-state index in [1.54, 1.807) is 6.33 Å². The zero-order valence-corrected chi connectivity index (χ0v) is 16.5. The van der Waals surface area contributed by atoms with Gasteiger partial charge in [-0.15, -0.1) is 0 Å². The lowest BCUT2D eigenvalue weighted by atomic mass is 10.1. The van der Waals surface area contributed by atoms with Crippen molar-refractivity contribution in [3.63, 3.8) is 0 Å². The molecule has 0 atom stereocenters. The summed E-state index contributed by atoms with van der Waals surface area (Å²) in [7, 11) is 1.96. The summed E-state index contributed by atoms with van der Waals surface area (Å²) in [6, 6.07) is 6.26. The van der Waals surface area contributed by atoms with Crippen LogP contribution in [0.25, 0.3) is 10.9 Å². The van der Waals surface area contributed by atoms with Crippen LogP contribution in [0.5, 0.6) is 0 Å². The summed E-state index contributed by atoms with van der Waals surface area (Å²) in [5.41, 5.74) is 9.69. The van der Waals surface area contributed by atoms with E-state index in [0.717, 1.165) is 27.7 Å². The number of hydrogen-bond acceptors (Lipinski definition) is 4. The highest BCUT2D eigenvalue weighted by Crippen LogP contribution is 2.25. The number of ether oxygens (including phenoxy) is 1. The number of carbonyl (C=O) groups is 1. The summed E-state index contributed by atoms with van der Waals surface area (Å²) < 4.78 is 9.56. The predicted octanol–water partition coefficient (Wildman–Crippen LogP) is 3.16. The van der Waals surface area contributed by atoms with Crippen LogP contribution in [0.15, 0.2) is 36.9 Å². The Hall–Kier alpha value is -2.60. The number of hydrogen-bond donors (Lipinski definition) is 1. The molecule has 3 aromatic rings. The number of nitrogens with two attached hydrogens (primary N) is 1. The van der Waals surface area contributed by atoms with Gasteiger partial charge in [0.2, 0.25) is 0 Å². The monoisotopic (exact) mass is 368 g/mol. The molecule has 0 spiro atoms. The van der Waals surface area contributed by atoms with Crippen LogP contribution in [0, 0.1) is 0 Å². The number of nitrogens with zero attached hydrogens (tertiary/aromatic N) is 3. The van der Waals surface area contributed by atoms with Gasteiger partial charge in [-0.3, -0.25) is 4.79 Å². The summed E-state index contributed by atoms with van der Waals surface area (Å²) in [5, 5.41) is 1.15. The van der Waals surface area contributed by atoms with E-state index in [2.05, 4.69) is 27.9 Å². The fourth-order valence-electron chi connectivity index (χ4n) is 3.22. The first-order valence-corrected chi connectivity index (χ1v) is 9.24. The molecule has 2 N–H and O–H groups in total. The molecule has 2 heterocycles. The van der Waals surface area contributed by atoms with Crippen molar-refractivity contribution in [2.45, 2.75) is 52.3 Å². The third kappa shape index (κ3) is 4.77. The lowest BCUT2D eigenvalue weighted by Crippen LogP contribution is -2.23. The van der Waals surface area contributed by atoms with Crippen molar-refractivity contribution in [1.82, 2.24) is 14.1 Å². The normalized spacial score (nSPS) is 11.9. The Morgan fingerprint density at radius 2 is 2.04 bits per heavy atom. The second-order valence-electron chi connectivity index (χ2n) is 7.95. The van der Waals surface area contributed by atoms with Crippen LogP contribution in [0.1, 0.15) is 44.0 Å². The smallest absolute Gasteiger partial charge is 0.306 e. The minimum atomic E-state index is -0.458. The van der Waals surface area contributed by atoms with Crippen molar-refractivity contribution in [1.29, 1.82) is 0 Å². The Balaban J connectivity index is 1.87. The Labute approximate surface area is 159 Å². The van der Waals surface area contributed by atoms with E-state index in [-0.39, 0.29) is 5.97 Å². The zero-order chi connectivity index (χ0) is 19.6. The molecule has 6 nitrogen and oxygen atoms in total. The lowest BCUT2D eigenvalue weighted by molar-refractivity contribution is -0.154. The average Bonchev–Trinajstić information content (AvgIpc) is 3.15. The van der Waals surface area contributed by atoms with Gasteiger partial charge in [-0.1, -0.05) is 12.1 Å². The third-order valence-corrected chi connectivity index (χ3v) is 4.37. The second-order valence-corrected chi connectivity index (χ2v) is 7.95. The van der Waals surface area contributed by atoms with Gasteiger partial charge in [0.1, 0.15) is 5.60 Å². The second kappa shape index (κ2) is 7.56. The van der Waals surface area contributed by atoms with Crippen molar-refractivity contribution >= 4 is 16.9 Å². The van der Waals surface area contributed by atoms with Gasteiger partial charge >= 0.3 is 5.97 Å². The molecule has 1 aromatic carbocycles. The maximum Gasteiger partial charge on any atom is 0.306 e. The molecule has 0 saturated carbocycles. The molecule has 3 rings (SSSR count). The van der Waals surface area contributed by atoms with Crippen LogP contribution < -0.4 is 5.73 Å². The molecule has 0 aliphatic heterocycles. The van der Waals surface area contributed by atoms with Crippen molar-refractivity contribution in [3.05, 3.63) is 53.7 Å². The summed E-state index contributed by atoms with van der Waals surface area (Å²) in [6.45, 7) is 6.84. The fourth-order valence-corrected chi connectivity index (χ4v) is 3.22. The van der Waals surface area contributed by atoms with Crippen LogP contribution in [0.4, 0.5) is 0 Å². The fraction of sp³-hybridized carbons (Fsp3) is 0.429. The van der Waals surface area contributed by atoms with Crippen LogP contribution in [0.3, 0.4) is 0 Å². The molecule has 0 fully saturated rings. The number of fused-ring (bicyclic) bond motifs is 1. The van der Waals surface area contributed by atoms with E-state index in [1.165, 1.54) is 0 Å². The first-order chi connectivity index (χ1) is 12.7. The average molecular weight is 368 g/mol. The summed E-state index contributed by atoms with van der Waals surface area (Å²) in [5.74, 6) is -0.174. The number of aryl methyl sites for hydroxylation is 2. The van der Waals surface area contributed by atoms with Crippen molar-refractivity contribution in [2.75, 3.05) is 0 Å². The SMILES string of the molecule is Cn1cnc(Cn2cc(CCC(=O)OC(C)(C)C)c3ccc(CN)cc32)c1. The number of benzene rings is 1. The summed E-state index contributed by atoms with van der Waals surface area (Å²) in [6.07, 6.45) is 6.93. The van der Waals surface area contributed by atoms with E-state index < -0.39 is 5.60 Å². The topological polar surface area (TPSA) is 75.1 Å². The minimum Gasteiger partial charge on any atom is -0.460 e. The Kier molecular flexibility index (Phi) is 5.37. The minimum absolute atomic E-state index is 0.174. The van der Waals surface area contributed by atoms with Gasteiger partial charge in [-0.25, -0.2) is 4.98 Å². The van der Waals surface area contributed by atoms with Crippen LogP contribution in [-0.2, 0) is 36.1 Å².